The molecule has 1 heterocycles. The van der Waals surface area contributed by atoms with E-state index in [4.69, 9.17) is 0 Å². The minimum absolute atomic E-state index is 0.142. The summed E-state index contributed by atoms with van der Waals surface area (Å²) >= 11 is 0. The number of fused-ring (bicyclic) bond motifs is 1. The van der Waals surface area contributed by atoms with E-state index < -0.39 is 4.92 Å². The van der Waals surface area contributed by atoms with Gasteiger partial charge in [0.15, 0.2) is 5.78 Å². The molecule has 0 N–H and O–H groups in total. The number of carbonyl (C=O) groups is 1. The quantitative estimate of drug-likeness (QED) is 0.419. The molecule has 2 aromatic carbocycles. The van der Waals surface area contributed by atoms with E-state index in [2.05, 4.69) is 5.10 Å². The SMILES string of the molecule is CC(=O)c1ccc(-n2ncc3ccccc32)c([N+](=O)[O-])c1. The van der Waals surface area contributed by atoms with Crippen molar-refractivity contribution in [2.45, 2.75) is 6.92 Å². The van der Waals surface area contributed by atoms with Crippen LogP contribution in [0.25, 0.3) is 16.6 Å². The van der Waals surface area contributed by atoms with E-state index >= 15 is 0 Å². The van der Waals surface area contributed by atoms with E-state index in [1.54, 1.807) is 18.3 Å². The molecule has 1 aromatic heterocycles. The Balaban J connectivity index is 2.27. The van der Waals surface area contributed by atoms with Crippen LogP contribution in [0.15, 0.2) is 48.7 Å². The van der Waals surface area contributed by atoms with Crippen LogP contribution < -0.4 is 0 Å². The van der Waals surface area contributed by atoms with Crippen LogP contribution in [-0.4, -0.2) is 20.5 Å². The Kier molecular flexibility index (Phi) is 2.98. The molecular formula is C15H11N3O3. The van der Waals surface area contributed by atoms with Crippen LogP contribution in [0.5, 0.6) is 0 Å². The third-order valence-electron chi connectivity index (χ3n) is 3.28. The maximum Gasteiger partial charge on any atom is 0.295 e. The van der Waals surface area contributed by atoms with E-state index in [9.17, 15) is 14.9 Å². The van der Waals surface area contributed by atoms with Crippen molar-refractivity contribution in [2.75, 3.05) is 0 Å². The predicted octanol–water partition coefficient (Wildman–Crippen LogP) is 3.14. The lowest BCUT2D eigenvalue weighted by atomic mass is 10.1. The molecule has 0 bridgehead atoms. The molecule has 0 unspecified atom stereocenters. The molecule has 0 amide bonds. The number of hydrogen-bond donors (Lipinski definition) is 0. The zero-order valence-corrected chi connectivity index (χ0v) is 11.2. The summed E-state index contributed by atoms with van der Waals surface area (Å²) in [5.74, 6) is -0.213. The molecule has 0 saturated carbocycles. The van der Waals surface area contributed by atoms with Crippen LogP contribution in [0, 0.1) is 10.1 Å². The first-order chi connectivity index (χ1) is 10.1. The molecule has 104 valence electrons. The lowest BCUT2D eigenvalue weighted by molar-refractivity contribution is -0.384. The van der Waals surface area contributed by atoms with E-state index in [1.807, 2.05) is 24.3 Å². The Hall–Kier alpha value is -3.02. The van der Waals surface area contributed by atoms with Crippen molar-refractivity contribution in [3.63, 3.8) is 0 Å². The number of nitro benzene ring substituents is 1. The number of Topliss-reactive ketones (excluding diaryl/α,β-unsaturated/α-hetero) is 1. The van der Waals surface area contributed by atoms with E-state index in [0.29, 0.717) is 11.3 Å². The summed E-state index contributed by atoms with van der Waals surface area (Å²) in [6.45, 7) is 1.38. The Labute approximate surface area is 119 Å². The number of nitro groups is 1. The third kappa shape index (κ3) is 2.16. The number of aromatic nitrogens is 2. The van der Waals surface area contributed by atoms with Gasteiger partial charge in [0.1, 0.15) is 5.69 Å². The van der Waals surface area contributed by atoms with Gasteiger partial charge >= 0.3 is 0 Å². The summed E-state index contributed by atoms with van der Waals surface area (Å²) in [5.41, 5.74) is 1.28. The van der Waals surface area contributed by atoms with Gasteiger partial charge in [-0.1, -0.05) is 18.2 Å². The van der Waals surface area contributed by atoms with Gasteiger partial charge in [-0.25, -0.2) is 4.68 Å². The first-order valence-corrected chi connectivity index (χ1v) is 6.30. The fourth-order valence-electron chi connectivity index (χ4n) is 2.23. The van der Waals surface area contributed by atoms with Crippen LogP contribution in [-0.2, 0) is 0 Å². The molecular weight excluding hydrogens is 270 g/mol. The van der Waals surface area contributed by atoms with Gasteiger partial charge in [-0.2, -0.15) is 5.10 Å². The fraction of sp³-hybridized carbons (Fsp3) is 0.0667. The maximum atomic E-state index is 11.4. The van der Waals surface area contributed by atoms with Crippen molar-refractivity contribution in [1.82, 2.24) is 9.78 Å². The number of rotatable bonds is 3. The van der Waals surface area contributed by atoms with Crippen molar-refractivity contribution in [1.29, 1.82) is 0 Å². The van der Waals surface area contributed by atoms with E-state index in [1.165, 1.54) is 17.7 Å². The Morgan fingerprint density at radius 1 is 1.24 bits per heavy atom. The number of ketones is 1. The van der Waals surface area contributed by atoms with Gasteiger partial charge in [-0.3, -0.25) is 14.9 Å². The van der Waals surface area contributed by atoms with Crippen molar-refractivity contribution < 1.29 is 9.72 Å². The maximum absolute atomic E-state index is 11.4. The molecule has 21 heavy (non-hydrogen) atoms. The monoisotopic (exact) mass is 281 g/mol. The van der Waals surface area contributed by atoms with Crippen LogP contribution >= 0.6 is 0 Å². The second-order valence-corrected chi connectivity index (χ2v) is 4.63. The molecule has 3 aromatic rings. The average molecular weight is 281 g/mol. The van der Waals surface area contributed by atoms with Crippen LogP contribution in [0.3, 0.4) is 0 Å². The van der Waals surface area contributed by atoms with Gasteiger partial charge in [-0.15, -0.1) is 0 Å². The van der Waals surface area contributed by atoms with E-state index in [0.717, 1.165) is 10.9 Å². The zero-order chi connectivity index (χ0) is 15.0. The normalized spacial score (nSPS) is 10.7. The third-order valence-corrected chi connectivity index (χ3v) is 3.28. The number of hydrogen-bond acceptors (Lipinski definition) is 4. The second-order valence-electron chi connectivity index (χ2n) is 4.63. The fourth-order valence-corrected chi connectivity index (χ4v) is 2.23. The predicted molar refractivity (Wildman–Crippen MR) is 77.7 cm³/mol. The molecule has 0 spiro atoms. The molecule has 0 aliphatic rings. The lowest BCUT2D eigenvalue weighted by Crippen LogP contribution is -2.03. The number of para-hydroxylation sites is 1. The minimum Gasteiger partial charge on any atom is -0.295 e. The number of benzene rings is 2. The molecule has 0 atom stereocenters. The highest BCUT2D eigenvalue weighted by molar-refractivity contribution is 5.95. The van der Waals surface area contributed by atoms with Gasteiger partial charge in [0.2, 0.25) is 0 Å². The summed E-state index contributed by atoms with van der Waals surface area (Å²) < 4.78 is 1.51. The topological polar surface area (TPSA) is 78.0 Å². The number of carbonyl (C=O) groups excluding carboxylic acids is 1. The first-order valence-electron chi connectivity index (χ1n) is 6.30. The Morgan fingerprint density at radius 2 is 2.00 bits per heavy atom. The highest BCUT2D eigenvalue weighted by Gasteiger charge is 2.19. The summed E-state index contributed by atoms with van der Waals surface area (Å²) in [7, 11) is 0. The number of nitrogens with zero attached hydrogens (tertiary/aromatic N) is 3. The molecule has 0 aliphatic heterocycles. The molecule has 3 rings (SSSR count). The molecule has 6 nitrogen and oxygen atoms in total. The smallest absolute Gasteiger partial charge is 0.295 e. The molecule has 0 aliphatic carbocycles. The van der Waals surface area contributed by atoms with Gasteiger partial charge in [0.25, 0.3) is 5.69 Å². The summed E-state index contributed by atoms with van der Waals surface area (Å²) in [6.07, 6.45) is 1.65. The second kappa shape index (κ2) is 4.82. The summed E-state index contributed by atoms with van der Waals surface area (Å²) in [5, 5.41) is 16.4. The highest BCUT2D eigenvalue weighted by atomic mass is 16.6. The minimum atomic E-state index is -0.502. The molecule has 0 radical (unpaired) electrons. The average Bonchev–Trinajstić information content (AvgIpc) is 2.90. The molecule has 0 fully saturated rings. The van der Waals surface area contributed by atoms with Crippen LogP contribution in [0.2, 0.25) is 0 Å². The van der Waals surface area contributed by atoms with Crippen LogP contribution in [0.1, 0.15) is 17.3 Å². The van der Waals surface area contributed by atoms with E-state index in [-0.39, 0.29) is 11.5 Å². The molecule has 6 heteroatoms. The van der Waals surface area contributed by atoms with Crippen molar-refractivity contribution in [3.05, 3.63) is 64.3 Å². The molecule has 0 saturated heterocycles. The van der Waals surface area contributed by atoms with Gasteiger partial charge in [0, 0.05) is 17.0 Å². The van der Waals surface area contributed by atoms with Crippen molar-refractivity contribution in [3.8, 4) is 5.69 Å². The Bertz CT molecular complexity index is 867. The first kappa shape index (κ1) is 13.0. The van der Waals surface area contributed by atoms with Crippen molar-refractivity contribution >= 4 is 22.4 Å². The standard InChI is InChI=1S/C15H11N3O3/c1-10(19)11-6-7-14(15(8-11)18(20)21)17-13-5-3-2-4-12(13)9-16-17/h2-9H,1H3. The van der Waals surface area contributed by atoms with Crippen molar-refractivity contribution in [2.24, 2.45) is 0 Å². The highest BCUT2D eigenvalue weighted by Crippen LogP contribution is 2.27. The summed E-state index contributed by atoms with van der Waals surface area (Å²) in [4.78, 5) is 22.2. The Morgan fingerprint density at radius 3 is 2.71 bits per heavy atom. The van der Waals surface area contributed by atoms with Gasteiger partial charge in [-0.05, 0) is 25.1 Å². The largest absolute Gasteiger partial charge is 0.295 e. The van der Waals surface area contributed by atoms with Gasteiger partial charge < -0.3 is 0 Å². The van der Waals surface area contributed by atoms with Crippen LogP contribution in [0.4, 0.5) is 5.69 Å². The zero-order valence-electron chi connectivity index (χ0n) is 11.2. The van der Waals surface area contributed by atoms with Gasteiger partial charge in [0.05, 0.1) is 16.6 Å². The summed E-state index contributed by atoms with van der Waals surface area (Å²) in [6, 6.07) is 11.8. The lowest BCUT2D eigenvalue weighted by Gasteiger charge is -2.06.